The summed E-state index contributed by atoms with van der Waals surface area (Å²) in [5.74, 6) is -1.05. The first-order valence-corrected chi connectivity index (χ1v) is 11.8. The number of thioether (sulfide) groups is 1. The van der Waals surface area contributed by atoms with Gasteiger partial charge in [-0.3, -0.25) is 14.5 Å². The number of carbonyl (C=O) groups is 3. The molecule has 0 aromatic heterocycles. The molecule has 2 heterocycles. The second-order valence-electron chi connectivity index (χ2n) is 9.15. The molecule has 7 heteroatoms. The molecule has 0 bridgehead atoms. The van der Waals surface area contributed by atoms with Gasteiger partial charge in [0.05, 0.1) is 17.1 Å². The van der Waals surface area contributed by atoms with Crippen LogP contribution in [0.4, 0.5) is 10.5 Å². The molecule has 1 fully saturated rings. The summed E-state index contributed by atoms with van der Waals surface area (Å²) < 4.78 is 4.98. The molecular weight excluding hydrogens is 424 g/mol. The number of carbonyl (C=O) groups excluding carboxylic acids is 3. The van der Waals surface area contributed by atoms with Crippen LogP contribution in [0.15, 0.2) is 23.1 Å². The smallest absolute Gasteiger partial charge is 0.329 e. The summed E-state index contributed by atoms with van der Waals surface area (Å²) in [7, 11) is 0. The molecule has 0 unspecified atom stereocenters. The SMILES string of the molecule is CCOC(=O)[C@H](C)N1C(=O)S/C(=C/c2cc3c(cc2C)N(C(C)C)C(C)(C)C=C3C)C1=O. The van der Waals surface area contributed by atoms with E-state index in [0.717, 1.165) is 33.4 Å². The standard InChI is InChI=1S/C25H32N2O4S/c1-9-31-23(29)17(6)26-22(28)21(32-24(26)30)12-18-11-19-16(5)13-25(7,8)27(14(2)3)20(19)10-15(18)4/h10-14,17H,9H2,1-8H3/b21-12+/t17-/m0/s1. The normalized spacial score (nSPS) is 20.0. The van der Waals surface area contributed by atoms with Gasteiger partial charge in [-0.1, -0.05) is 6.08 Å². The van der Waals surface area contributed by atoms with Crippen molar-refractivity contribution >= 4 is 46.2 Å². The highest BCUT2D eigenvalue weighted by Crippen LogP contribution is 2.42. The number of amides is 2. The third-order valence-electron chi connectivity index (χ3n) is 5.90. The van der Waals surface area contributed by atoms with Crippen molar-refractivity contribution in [3.05, 3.63) is 39.8 Å². The average molecular weight is 457 g/mol. The second-order valence-corrected chi connectivity index (χ2v) is 10.1. The molecule has 172 valence electrons. The maximum absolute atomic E-state index is 12.9. The molecule has 6 nitrogen and oxygen atoms in total. The molecule has 1 saturated heterocycles. The molecule has 1 aromatic rings. The van der Waals surface area contributed by atoms with Crippen molar-refractivity contribution in [2.75, 3.05) is 11.5 Å². The van der Waals surface area contributed by atoms with E-state index in [2.05, 4.69) is 57.7 Å². The topological polar surface area (TPSA) is 66.9 Å². The first-order chi connectivity index (χ1) is 14.9. The van der Waals surface area contributed by atoms with Crippen molar-refractivity contribution in [2.45, 2.75) is 73.0 Å². The second kappa shape index (κ2) is 8.77. The summed E-state index contributed by atoms with van der Waals surface area (Å²) in [5, 5.41) is -0.457. The summed E-state index contributed by atoms with van der Waals surface area (Å²) in [6.07, 6.45) is 4.02. The predicted octanol–water partition coefficient (Wildman–Crippen LogP) is 5.39. The summed E-state index contributed by atoms with van der Waals surface area (Å²) in [6, 6.07) is 3.61. The van der Waals surface area contributed by atoms with Crippen molar-refractivity contribution in [3.63, 3.8) is 0 Å². The number of anilines is 1. The zero-order valence-electron chi connectivity index (χ0n) is 20.1. The Kier molecular flexibility index (Phi) is 6.61. The highest BCUT2D eigenvalue weighted by Gasteiger charge is 2.41. The lowest BCUT2D eigenvalue weighted by Gasteiger charge is -2.46. The fourth-order valence-electron chi connectivity index (χ4n) is 4.63. The number of ether oxygens (including phenoxy) is 1. The average Bonchev–Trinajstić information content (AvgIpc) is 2.94. The van der Waals surface area contributed by atoms with Gasteiger partial charge in [0.1, 0.15) is 6.04 Å². The Bertz CT molecular complexity index is 1040. The number of benzene rings is 1. The molecule has 0 spiro atoms. The van der Waals surface area contributed by atoms with Gasteiger partial charge in [-0.15, -0.1) is 0 Å². The van der Waals surface area contributed by atoms with E-state index in [1.54, 1.807) is 13.0 Å². The number of hydrogen-bond donors (Lipinski definition) is 0. The van der Waals surface area contributed by atoms with E-state index < -0.39 is 23.2 Å². The van der Waals surface area contributed by atoms with E-state index in [0.29, 0.717) is 10.9 Å². The molecule has 0 aliphatic carbocycles. The van der Waals surface area contributed by atoms with Gasteiger partial charge in [0.2, 0.25) is 0 Å². The van der Waals surface area contributed by atoms with Crippen molar-refractivity contribution in [3.8, 4) is 0 Å². The molecule has 2 amide bonds. The summed E-state index contributed by atoms with van der Waals surface area (Å²) in [4.78, 5) is 41.2. The fraction of sp³-hybridized carbons (Fsp3) is 0.480. The van der Waals surface area contributed by atoms with E-state index in [9.17, 15) is 14.4 Å². The largest absolute Gasteiger partial charge is 0.464 e. The number of rotatable bonds is 5. The lowest BCUT2D eigenvalue weighted by Crippen LogP contribution is -2.49. The van der Waals surface area contributed by atoms with Crippen molar-refractivity contribution in [1.82, 2.24) is 4.90 Å². The number of aryl methyl sites for hydroxylation is 1. The Hall–Kier alpha value is -2.54. The van der Waals surface area contributed by atoms with Crippen LogP contribution in [0.2, 0.25) is 0 Å². The number of esters is 1. The van der Waals surface area contributed by atoms with Gasteiger partial charge in [0.15, 0.2) is 0 Å². The zero-order valence-corrected chi connectivity index (χ0v) is 20.9. The molecule has 1 atom stereocenters. The summed E-state index contributed by atoms with van der Waals surface area (Å²) in [5.41, 5.74) is 5.27. The van der Waals surface area contributed by atoms with Crippen molar-refractivity contribution in [2.24, 2.45) is 0 Å². The predicted molar refractivity (Wildman–Crippen MR) is 130 cm³/mol. The molecule has 0 saturated carbocycles. The Morgan fingerprint density at radius 3 is 2.44 bits per heavy atom. The van der Waals surface area contributed by atoms with Gasteiger partial charge < -0.3 is 9.64 Å². The Labute approximate surface area is 194 Å². The number of allylic oxidation sites excluding steroid dienone is 1. The molecule has 1 aromatic carbocycles. The molecule has 2 aliphatic heterocycles. The number of hydrogen-bond acceptors (Lipinski definition) is 6. The minimum atomic E-state index is -0.954. The van der Waals surface area contributed by atoms with E-state index >= 15 is 0 Å². The van der Waals surface area contributed by atoms with Crippen LogP contribution < -0.4 is 4.90 Å². The zero-order chi connectivity index (χ0) is 24.0. The van der Waals surface area contributed by atoms with Gasteiger partial charge in [0, 0.05) is 17.3 Å². The Morgan fingerprint density at radius 1 is 1.19 bits per heavy atom. The van der Waals surface area contributed by atoms with Crippen LogP contribution in [0.25, 0.3) is 11.6 Å². The fourth-order valence-corrected chi connectivity index (χ4v) is 5.53. The van der Waals surface area contributed by atoms with E-state index in [-0.39, 0.29) is 12.1 Å². The molecule has 0 radical (unpaired) electrons. The third-order valence-corrected chi connectivity index (χ3v) is 6.78. The molecule has 32 heavy (non-hydrogen) atoms. The van der Waals surface area contributed by atoms with E-state index in [1.807, 2.05) is 6.92 Å². The lowest BCUT2D eigenvalue weighted by atomic mass is 9.86. The maximum atomic E-state index is 12.9. The third kappa shape index (κ3) is 4.22. The van der Waals surface area contributed by atoms with Crippen LogP contribution in [0.5, 0.6) is 0 Å². The quantitative estimate of drug-likeness (QED) is 0.437. The first kappa shape index (κ1) is 24.1. The Morgan fingerprint density at radius 2 is 1.84 bits per heavy atom. The van der Waals surface area contributed by atoms with E-state index in [1.165, 1.54) is 18.2 Å². The molecular formula is C25H32N2O4S. The van der Waals surface area contributed by atoms with Crippen LogP contribution in [0.1, 0.15) is 65.2 Å². The molecule has 2 aliphatic rings. The van der Waals surface area contributed by atoms with Crippen molar-refractivity contribution < 1.29 is 19.1 Å². The van der Waals surface area contributed by atoms with E-state index in [4.69, 9.17) is 4.74 Å². The van der Waals surface area contributed by atoms with Gasteiger partial charge in [-0.2, -0.15) is 0 Å². The Balaban J connectivity index is 2.01. The van der Waals surface area contributed by atoms with Gasteiger partial charge in [0.25, 0.3) is 11.1 Å². The van der Waals surface area contributed by atoms with Crippen molar-refractivity contribution in [1.29, 1.82) is 0 Å². The van der Waals surface area contributed by atoms with Crippen LogP contribution in [-0.2, 0) is 14.3 Å². The van der Waals surface area contributed by atoms with Crippen LogP contribution >= 0.6 is 11.8 Å². The summed E-state index contributed by atoms with van der Waals surface area (Å²) >= 11 is 0.858. The lowest BCUT2D eigenvalue weighted by molar-refractivity contribution is -0.150. The first-order valence-electron chi connectivity index (χ1n) is 11.0. The maximum Gasteiger partial charge on any atom is 0.329 e. The van der Waals surface area contributed by atoms with Crippen LogP contribution in [0.3, 0.4) is 0 Å². The number of imide groups is 1. The molecule has 0 N–H and O–H groups in total. The highest BCUT2D eigenvalue weighted by molar-refractivity contribution is 8.18. The number of nitrogens with zero attached hydrogens (tertiary/aromatic N) is 2. The van der Waals surface area contributed by atoms with Crippen LogP contribution in [-0.4, -0.2) is 46.2 Å². The van der Waals surface area contributed by atoms with Gasteiger partial charge >= 0.3 is 5.97 Å². The monoisotopic (exact) mass is 456 g/mol. The van der Waals surface area contributed by atoms with Gasteiger partial charge in [-0.25, -0.2) is 4.79 Å². The number of fused-ring (bicyclic) bond motifs is 1. The summed E-state index contributed by atoms with van der Waals surface area (Å²) in [6.45, 7) is 16.3. The van der Waals surface area contributed by atoms with Crippen LogP contribution in [0, 0.1) is 6.92 Å². The molecule has 3 rings (SSSR count). The minimum Gasteiger partial charge on any atom is -0.464 e. The minimum absolute atomic E-state index is 0.106. The van der Waals surface area contributed by atoms with Gasteiger partial charge in [-0.05, 0) is 102 Å². The highest BCUT2D eigenvalue weighted by atomic mass is 32.2.